The van der Waals surface area contributed by atoms with E-state index < -0.39 is 5.97 Å². The summed E-state index contributed by atoms with van der Waals surface area (Å²) in [5, 5.41) is 0. The molecule has 0 aliphatic heterocycles. The number of methoxy groups -OCH3 is 1. The highest BCUT2D eigenvalue weighted by molar-refractivity contribution is 6.00. The van der Waals surface area contributed by atoms with Crippen molar-refractivity contribution < 1.29 is 19.1 Å². The van der Waals surface area contributed by atoms with Crippen molar-refractivity contribution in [3.05, 3.63) is 88.7 Å². The molecule has 0 N–H and O–H groups in total. The standard InChI is InChI=1S/C23H23NO4/c1-16-13-21(17(2)24(16)20-7-5-4-6-8-20)22(25)15-28-23(26)19-11-9-18(10-12-19)14-27-3/h4-13H,14-15H2,1-3H3. The van der Waals surface area contributed by atoms with Crippen molar-refractivity contribution in [3.63, 3.8) is 0 Å². The van der Waals surface area contributed by atoms with Gasteiger partial charge in [0, 0.05) is 29.7 Å². The summed E-state index contributed by atoms with van der Waals surface area (Å²) in [7, 11) is 1.61. The van der Waals surface area contributed by atoms with E-state index in [9.17, 15) is 9.59 Å². The Labute approximate surface area is 164 Å². The number of ketones is 1. The van der Waals surface area contributed by atoms with E-state index in [1.807, 2.05) is 54.8 Å². The maximum Gasteiger partial charge on any atom is 0.338 e. The molecule has 0 spiro atoms. The summed E-state index contributed by atoms with van der Waals surface area (Å²) in [6.45, 7) is 4.02. The molecule has 0 fully saturated rings. The van der Waals surface area contributed by atoms with Crippen LogP contribution in [0.3, 0.4) is 0 Å². The predicted octanol–water partition coefficient (Wildman–Crippen LogP) is 4.28. The van der Waals surface area contributed by atoms with Crippen LogP contribution in [0, 0.1) is 13.8 Å². The molecule has 28 heavy (non-hydrogen) atoms. The Hall–Kier alpha value is -3.18. The van der Waals surface area contributed by atoms with E-state index in [1.54, 1.807) is 31.4 Å². The topological polar surface area (TPSA) is 57.5 Å². The Morgan fingerprint density at radius 1 is 0.964 bits per heavy atom. The number of benzene rings is 2. The van der Waals surface area contributed by atoms with Gasteiger partial charge in [-0.3, -0.25) is 4.79 Å². The van der Waals surface area contributed by atoms with Crippen LogP contribution in [-0.2, 0) is 16.1 Å². The third-order valence-electron chi connectivity index (χ3n) is 4.58. The fourth-order valence-electron chi connectivity index (χ4n) is 3.22. The van der Waals surface area contributed by atoms with Crippen molar-refractivity contribution in [2.45, 2.75) is 20.5 Å². The van der Waals surface area contributed by atoms with E-state index >= 15 is 0 Å². The molecule has 144 valence electrons. The van der Waals surface area contributed by atoms with E-state index in [4.69, 9.17) is 9.47 Å². The lowest BCUT2D eigenvalue weighted by Gasteiger charge is -2.09. The summed E-state index contributed by atoms with van der Waals surface area (Å²) >= 11 is 0. The average molecular weight is 377 g/mol. The number of carbonyl (C=O) groups is 2. The number of aryl methyl sites for hydroxylation is 1. The number of hydrogen-bond acceptors (Lipinski definition) is 4. The Morgan fingerprint density at radius 3 is 2.29 bits per heavy atom. The fourth-order valence-corrected chi connectivity index (χ4v) is 3.22. The minimum atomic E-state index is -0.519. The van der Waals surface area contributed by atoms with Crippen LogP contribution in [0.2, 0.25) is 0 Å². The molecule has 3 aromatic rings. The largest absolute Gasteiger partial charge is 0.454 e. The summed E-state index contributed by atoms with van der Waals surface area (Å²) in [5.41, 5.74) is 4.70. The van der Waals surface area contributed by atoms with Crippen LogP contribution in [0.4, 0.5) is 0 Å². The van der Waals surface area contributed by atoms with Crippen LogP contribution in [0.15, 0.2) is 60.7 Å². The maximum atomic E-state index is 12.6. The zero-order valence-corrected chi connectivity index (χ0v) is 16.3. The number of esters is 1. The number of carbonyl (C=O) groups excluding carboxylic acids is 2. The minimum Gasteiger partial charge on any atom is -0.454 e. The van der Waals surface area contributed by atoms with Gasteiger partial charge in [0.2, 0.25) is 5.78 Å². The molecule has 0 saturated carbocycles. The highest BCUT2D eigenvalue weighted by Crippen LogP contribution is 2.21. The first-order chi connectivity index (χ1) is 13.5. The molecule has 0 unspecified atom stereocenters. The third kappa shape index (κ3) is 4.21. The van der Waals surface area contributed by atoms with E-state index in [1.165, 1.54) is 0 Å². The number of rotatable bonds is 7. The smallest absolute Gasteiger partial charge is 0.338 e. The summed E-state index contributed by atoms with van der Waals surface area (Å²) < 4.78 is 12.3. The lowest BCUT2D eigenvalue weighted by molar-refractivity contribution is 0.0474. The van der Waals surface area contributed by atoms with Gasteiger partial charge < -0.3 is 14.0 Å². The lowest BCUT2D eigenvalue weighted by Crippen LogP contribution is -2.15. The molecular formula is C23H23NO4. The molecule has 0 amide bonds. The molecule has 0 bridgehead atoms. The molecular weight excluding hydrogens is 354 g/mol. The first kappa shape index (κ1) is 19.6. The zero-order chi connectivity index (χ0) is 20.1. The highest BCUT2D eigenvalue weighted by Gasteiger charge is 2.18. The molecule has 2 aromatic carbocycles. The van der Waals surface area contributed by atoms with Gasteiger partial charge in [0.1, 0.15) is 0 Å². The van der Waals surface area contributed by atoms with Gasteiger partial charge in [-0.05, 0) is 49.7 Å². The van der Waals surface area contributed by atoms with Crippen LogP contribution < -0.4 is 0 Å². The zero-order valence-electron chi connectivity index (χ0n) is 16.3. The van der Waals surface area contributed by atoms with Gasteiger partial charge >= 0.3 is 5.97 Å². The molecule has 0 saturated heterocycles. The Balaban J connectivity index is 1.69. The highest BCUT2D eigenvalue weighted by atomic mass is 16.5. The number of para-hydroxylation sites is 1. The number of nitrogens with zero attached hydrogens (tertiary/aromatic N) is 1. The molecule has 3 rings (SSSR count). The Morgan fingerprint density at radius 2 is 1.64 bits per heavy atom. The normalized spacial score (nSPS) is 10.7. The summed E-state index contributed by atoms with van der Waals surface area (Å²) in [4.78, 5) is 24.8. The molecule has 0 atom stereocenters. The number of aromatic nitrogens is 1. The van der Waals surface area contributed by atoms with Gasteiger partial charge in [-0.1, -0.05) is 30.3 Å². The van der Waals surface area contributed by atoms with Gasteiger partial charge in [0.25, 0.3) is 0 Å². The van der Waals surface area contributed by atoms with Gasteiger partial charge in [-0.25, -0.2) is 4.79 Å². The summed E-state index contributed by atoms with van der Waals surface area (Å²) in [5.74, 6) is -0.742. The minimum absolute atomic E-state index is 0.223. The molecule has 1 heterocycles. The first-order valence-corrected chi connectivity index (χ1v) is 9.04. The second-order valence-electron chi connectivity index (χ2n) is 6.59. The van der Waals surface area contributed by atoms with Crippen molar-refractivity contribution >= 4 is 11.8 Å². The van der Waals surface area contributed by atoms with Gasteiger partial charge in [-0.15, -0.1) is 0 Å². The van der Waals surface area contributed by atoms with E-state index in [0.717, 1.165) is 22.6 Å². The van der Waals surface area contributed by atoms with Crippen molar-refractivity contribution in [2.24, 2.45) is 0 Å². The SMILES string of the molecule is COCc1ccc(C(=O)OCC(=O)c2cc(C)n(-c3ccccc3)c2C)cc1. The molecule has 0 aliphatic rings. The molecule has 5 heteroatoms. The second kappa shape index (κ2) is 8.67. The average Bonchev–Trinajstić information content (AvgIpc) is 3.01. The molecule has 1 aromatic heterocycles. The van der Waals surface area contributed by atoms with Crippen molar-refractivity contribution in [1.82, 2.24) is 4.57 Å². The van der Waals surface area contributed by atoms with Crippen LogP contribution in [0.1, 0.15) is 37.7 Å². The quantitative estimate of drug-likeness (QED) is 0.455. The summed E-state index contributed by atoms with van der Waals surface area (Å²) in [6, 6.07) is 18.6. The number of Topliss-reactive ketones (excluding diaryl/α,β-unsaturated/α-hetero) is 1. The number of ether oxygens (including phenoxy) is 2. The van der Waals surface area contributed by atoms with Crippen LogP contribution in [0.5, 0.6) is 0 Å². The predicted molar refractivity (Wildman–Crippen MR) is 107 cm³/mol. The van der Waals surface area contributed by atoms with Crippen LogP contribution in [-0.4, -0.2) is 30.0 Å². The van der Waals surface area contributed by atoms with Gasteiger partial charge in [-0.2, -0.15) is 0 Å². The summed E-state index contributed by atoms with van der Waals surface area (Å²) in [6.07, 6.45) is 0. The van der Waals surface area contributed by atoms with Crippen molar-refractivity contribution in [3.8, 4) is 5.69 Å². The van der Waals surface area contributed by atoms with Crippen molar-refractivity contribution in [1.29, 1.82) is 0 Å². The van der Waals surface area contributed by atoms with Crippen LogP contribution in [0.25, 0.3) is 5.69 Å². The Bertz CT molecular complexity index is 972. The van der Waals surface area contributed by atoms with E-state index in [0.29, 0.717) is 17.7 Å². The monoisotopic (exact) mass is 377 g/mol. The molecule has 5 nitrogen and oxygen atoms in total. The third-order valence-corrected chi connectivity index (χ3v) is 4.58. The van der Waals surface area contributed by atoms with Crippen molar-refractivity contribution in [2.75, 3.05) is 13.7 Å². The molecule has 0 radical (unpaired) electrons. The maximum absolute atomic E-state index is 12.6. The van der Waals surface area contributed by atoms with Gasteiger partial charge in [0.15, 0.2) is 6.61 Å². The Kier molecular flexibility index (Phi) is 6.06. The second-order valence-corrected chi connectivity index (χ2v) is 6.59. The molecule has 0 aliphatic carbocycles. The number of hydrogen-bond donors (Lipinski definition) is 0. The first-order valence-electron chi connectivity index (χ1n) is 9.04. The fraction of sp³-hybridized carbons (Fsp3) is 0.217. The van der Waals surface area contributed by atoms with Gasteiger partial charge in [0.05, 0.1) is 12.2 Å². The van der Waals surface area contributed by atoms with E-state index in [2.05, 4.69) is 0 Å². The van der Waals surface area contributed by atoms with Crippen LogP contribution >= 0.6 is 0 Å². The van der Waals surface area contributed by atoms with E-state index in [-0.39, 0.29) is 12.4 Å². The lowest BCUT2D eigenvalue weighted by atomic mass is 10.1.